The maximum atomic E-state index is 13.4. The van der Waals surface area contributed by atoms with Crippen molar-refractivity contribution in [3.63, 3.8) is 0 Å². The first-order valence-corrected chi connectivity index (χ1v) is 6.10. The molecule has 0 radical (unpaired) electrons. The van der Waals surface area contributed by atoms with E-state index in [4.69, 9.17) is 4.74 Å². The van der Waals surface area contributed by atoms with E-state index < -0.39 is 0 Å². The van der Waals surface area contributed by atoms with E-state index in [9.17, 15) is 4.39 Å². The molecule has 1 aromatic carbocycles. The molecule has 2 aromatic rings. The molecule has 0 saturated carbocycles. The van der Waals surface area contributed by atoms with Crippen molar-refractivity contribution in [2.45, 2.75) is 13.5 Å². The van der Waals surface area contributed by atoms with Crippen LogP contribution in [0, 0.1) is 5.82 Å². The van der Waals surface area contributed by atoms with Gasteiger partial charge < -0.3 is 10.1 Å². The van der Waals surface area contributed by atoms with Crippen molar-refractivity contribution >= 4 is 0 Å². The molecular weight excluding hydrogens is 245 g/mol. The molecule has 0 fully saturated rings. The molecule has 0 aliphatic rings. The van der Waals surface area contributed by atoms with Gasteiger partial charge in [-0.3, -0.25) is 0 Å². The minimum Gasteiger partial charge on any atom is -0.479 e. The van der Waals surface area contributed by atoms with E-state index in [2.05, 4.69) is 15.3 Å². The number of hydrogen-bond acceptors (Lipinski definition) is 4. The lowest BCUT2D eigenvalue weighted by Gasteiger charge is -2.11. The molecular formula is C14H16FN3O. The van der Waals surface area contributed by atoms with Crippen LogP contribution in [-0.2, 0) is 6.54 Å². The smallest absolute Gasteiger partial charge is 0.240 e. The van der Waals surface area contributed by atoms with Crippen molar-refractivity contribution in [3.05, 3.63) is 42.0 Å². The monoisotopic (exact) mass is 261 g/mol. The summed E-state index contributed by atoms with van der Waals surface area (Å²) in [5.41, 5.74) is 2.28. The topological polar surface area (TPSA) is 47.0 Å². The number of hydrogen-bond donors (Lipinski definition) is 1. The average Bonchev–Trinajstić information content (AvgIpc) is 2.45. The van der Waals surface area contributed by atoms with E-state index in [1.54, 1.807) is 25.6 Å². The van der Waals surface area contributed by atoms with Crippen molar-refractivity contribution in [2.75, 3.05) is 13.7 Å². The van der Waals surface area contributed by atoms with Gasteiger partial charge in [0.1, 0.15) is 11.5 Å². The summed E-state index contributed by atoms with van der Waals surface area (Å²) in [5.74, 6) is 0.173. The Labute approximate surface area is 111 Å². The predicted molar refractivity (Wildman–Crippen MR) is 71.4 cm³/mol. The van der Waals surface area contributed by atoms with Gasteiger partial charge in [0, 0.05) is 24.5 Å². The van der Waals surface area contributed by atoms with Crippen molar-refractivity contribution in [1.82, 2.24) is 15.3 Å². The maximum absolute atomic E-state index is 13.4. The highest BCUT2D eigenvalue weighted by Gasteiger charge is 2.13. The normalized spacial score (nSPS) is 10.5. The SMILES string of the molecule is CCNCc1cc(F)ccc1-c1nccnc1OC. The predicted octanol–water partition coefficient (Wildman–Crippen LogP) is 2.40. The van der Waals surface area contributed by atoms with Crippen molar-refractivity contribution in [1.29, 1.82) is 0 Å². The first kappa shape index (κ1) is 13.4. The molecule has 0 aliphatic heterocycles. The fraction of sp³-hybridized carbons (Fsp3) is 0.286. The van der Waals surface area contributed by atoms with E-state index in [0.29, 0.717) is 18.1 Å². The molecule has 0 spiro atoms. The van der Waals surface area contributed by atoms with Crippen molar-refractivity contribution in [3.8, 4) is 17.1 Å². The van der Waals surface area contributed by atoms with Crippen LogP contribution in [0.5, 0.6) is 5.88 Å². The molecule has 1 aromatic heterocycles. The summed E-state index contributed by atoms with van der Waals surface area (Å²) < 4.78 is 18.6. The molecule has 0 aliphatic carbocycles. The second-order valence-electron chi connectivity index (χ2n) is 4.00. The lowest BCUT2D eigenvalue weighted by molar-refractivity contribution is 0.397. The molecule has 1 N–H and O–H groups in total. The zero-order valence-corrected chi connectivity index (χ0v) is 11.0. The van der Waals surface area contributed by atoms with E-state index in [1.165, 1.54) is 12.1 Å². The van der Waals surface area contributed by atoms with Gasteiger partial charge in [0.15, 0.2) is 0 Å². The van der Waals surface area contributed by atoms with Gasteiger partial charge in [0.05, 0.1) is 7.11 Å². The summed E-state index contributed by atoms with van der Waals surface area (Å²) in [6.07, 6.45) is 3.16. The number of rotatable bonds is 5. The summed E-state index contributed by atoms with van der Waals surface area (Å²) in [5, 5.41) is 3.18. The second-order valence-corrected chi connectivity index (χ2v) is 4.00. The molecule has 0 amide bonds. The Bertz CT molecular complexity index is 560. The Balaban J connectivity index is 2.48. The van der Waals surface area contributed by atoms with E-state index in [-0.39, 0.29) is 5.82 Å². The third kappa shape index (κ3) is 3.06. The van der Waals surface area contributed by atoms with Gasteiger partial charge in [-0.05, 0) is 30.3 Å². The summed E-state index contributed by atoms with van der Waals surface area (Å²) >= 11 is 0. The fourth-order valence-corrected chi connectivity index (χ4v) is 1.86. The Morgan fingerprint density at radius 3 is 2.79 bits per heavy atom. The van der Waals surface area contributed by atoms with Crippen LogP contribution in [-0.4, -0.2) is 23.6 Å². The van der Waals surface area contributed by atoms with Crippen LogP contribution in [0.2, 0.25) is 0 Å². The lowest BCUT2D eigenvalue weighted by Crippen LogP contribution is -2.13. The van der Waals surface area contributed by atoms with E-state index in [0.717, 1.165) is 17.7 Å². The highest BCUT2D eigenvalue weighted by atomic mass is 19.1. The number of benzene rings is 1. The molecule has 0 bridgehead atoms. The van der Waals surface area contributed by atoms with Gasteiger partial charge in [-0.25, -0.2) is 14.4 Å². The molecule has 19 heavy (non-hydrogen) atoms. The Hall–Kier alpha value is -2.01. The highest BCUT2D eigenvalue weighted by Crippen LogP contribution is 2.28. The van der Waals surface area contributed by atoms with Gasteiger partial charge in [0.2, 0.25) is 5.88 Å². The number of nitrogens with zero attached hydrogens (tertiary/aromatic N) is 2. The molecule has 0 unspecified atom stereocenters. The zero-order valence-electron chi connectivity index (χ0n) is 11.0. The quantitative estimate of drug-likeness (QED) is 0.897. The van der Waals surface area contributed by atoms with Gasteiger partial charge in [-0.1, -0.05) is 6.92 Å². The minimum absolute atomic E-state index is 0.264. The Kier molecular flexibility index (Phi) is 4.41. The lowest BCUT2D eigenvalue weighted by atomic mass is 10.0. The zero-order chi connectivity index (χ0) is 13.7. The van der Waals surface area contributed by atoms with Crippen LogP contribution in [0.25, 0.3) is 11.3 Å². The summed E-state index contributed by atoms with van der Waals surface area (Å²) in [6, 6.07) is 4.62. The summed E-state index contributed by atoms with van der Waals surface area (Å²) in [6.45, 7) is 3.39. The standard InChI is InChI=1S/C14H16FN3O/c1-3-16-9-10-8-11(15)4-5-12(10)13-14(19-2)18-7-6-17-13/h4-8,16H,3,9H2,1-2H3. The van der Waals surface area contributed by atoms with Crippen LogP contribution in [0.4, 0.5) is 4.39 Å². The number of aromatic nitrogens is 2. The fourth-order valence-electron chi connectivity index (χ4n) is 1.86. The number of methoxy groups -OCH3 is 1. The van der Waals surface area contributed by atoms with Gasteiger partial charge in [-0.15, -0.1) is 0 Å². The van der Waals surface area contributed by atoms with Crippen LogP contribution in [0.15, 0.2) is 30.6 Å². The van der Waals surface area contributed by atoms with E-state index >= 15 is 0 Å². The largest absolute Gasteiger partial charge is 0.479 e. The minimum atomic E-state index is -0.264. The maximum Gasteiger partial charge on any atom is 0.240 e. The van der Waals surface area contributed by atoms with Crippen LogP contribution in [0.1, 0.15) is 12.5 Å². The third-order valence-corrected chi connectivity index (χ3v) is 2.75. The summed E-state index contributed by atoms with van der Waals surface area (Å²) in [4.78, 5) is 8.40. The molecule has 0 saturated heterocycles. The number of nitrogens with one attached hydrogen (secondary N) is 1. The van der Waals surface area contributed by atoms with Crippen LogP contribution in [0.3, 0.4) is 0 Å². The van der Waals surface area contributed by atoms with Crippen molar-refractivity contribution in [2.24, 2.45) is 0 Å². The van der Waals surface area contributed by atoms with Gasteiger partial charge >= 0.3 is 0 Å². The molecule has 4 nitrogen and oxygen atoms in total. The molecule has 1 heterocycles. The highest BCUT2D eigenvalue weighted by molar-refractivity contribution is 5.67. The average molecular weight is 261 g/mol. The van der Waals surface area contributed by atoms with Crippen molar-refractivity contribution < 1.29 is 9.13 Å². The summed E-state index contributed by atoms with van der Waals surface area (Å²) in [7, 11) is 1.54. The number of ether oxygens (including phenoxy) is 1. The molecule has 2 rings (SSSR count). The van der Waals surface area contributed by atoms with E-state index in [1.807, 2.05) is 6.92 Å². The first-order valence-electron chi connectivity index (χ1n) is 6.10. The van der Waals surface area contributed by atoms with Gasteiger partial charge in [-0.2, -0.15) is 0 Å². The molecule has 100 valence electrons. The van der Waals surface area contributed by atoms with Crippen LogP contribution >= 0.6 is 0 Å². The first-order chi connectivity index (χ1) is 9.26. The molecule has 5 heteroatoms. The molecule has 0 atom stereocenters. The third-order valence-electron chi connectivity index (χ3n) is 2.75. The van der Waals surface area contributed by atoms with Gasteiger partial charge in [0.25, 0.3) is 0 Å². The van der Waals surface area contributed by atoms with Crippen LogP contribution < -0.4 is 10.1 Å². The second kappa shape index (κ2) is 6.24. The number of halogens is 1. The Morgan fingerprint density at radius 2 is 2.05 bits per heavy atom. The Morgan fingerprint density at radius 1 is 1.26 bits per heavy atom.